The van der Waals surface area contributed by atoms with Gasteiger partial charge in [-0.15, -0.1) is 0 Å². The van der Waals surface area contributed by atoms with E-state index in [0.717, 1.165) is 5.56 Å². The van der Waals surface area contributed by atoms with E-state index in [1.54, 1.807) is 19.2 Å². The molecular formula is C12H14ClN3O2. The third-order valence-corrected chi connectivity index (χ3v) is 2.60. The van der Waals surface area contributed by atoms with Crippen LogP contribution in [0, 0.1) is 0 Å². The largest absolute Gasteiger partial charge is 0.383 e. The summed E-state index contributed by atoms with van der Waals surface area (Å²) >= 11 is 5.90. The van der Waals surface area contributed by atoms with E-state index in [-0.39, 0.29) is 6.04 Å². The lowest BCUT2D eigenvalue weighted by atomic mass is 10.2. The molecule has 0 spiro atoms. The van der Waals surface area contributed by atoms with Gasteiger partial charge in [-0.05, 0) is 12.1 Å². The zero-order chi connectivity index (χ0) is 13.0. The van der Waals surface area contributed by atoms with Gasteiger partial charge in [-0.1, -0.05) is 28.9 Å². The van der Waals surface area contributed by atoms with E-state index in [4.69, 9.17) is 26.6 Å². The summed E-state index contributed by atoms with van der Waals surface area (Å²) in [5, 5.41) is 4.53. The van der Waals surface area contributed by atoms with Crippen molar-refractivity contribution in [3.63, 3.8) is 0 Å². The average molecular weight is 268 g/mol. The summed E-state index contributed by atoms with van der Waals surface area (Å²) in [6.45, 7) is 0.453. The molecule has 0 fully saturated rings. The van der Waals surface area contributed by atoms with E-state index in [1.165, 1.54) is 0 Å². The predicted molar refractivity (Wildman–Crippen MR) is 68.3 cm³/mol. The Labute approximate surface area is 110 Å². The maximum atomic E-state index is 5.90. The zero-order valence-electron chi connectivity index (χ0n) is 9.97. The Morgan fingerprint density at radius 2 is 2.33 bits per heavy atom. The van der Waals surface area contributed by atoms with Crippen molar-refractivity contribution in [3.05, 3.63) is 35.2 Å². The minimum Gasteiger partial charge on any atom is -0.383 e. The van der Waals surface area contributed by atoms with E-state index in [1.807, 2.05) is 12.1 Å². The highest BCUT2D eigenvalue weighted by Crippen LogP contribution is 2.20. The second kappa shape index (κ2) is 5.95. The van der Waals surface area contributed by atoms with Gasteiger partial charge in [0.2, 0.25) is 11.7 Å². The summed E-state index contributed by atoms with van der Waals surface area (Å²) in [6, 6.07) is 7.13. The molecule has 0 bridgehead atoms. The van der Waals surface area contributed by atoms with Crippen LogP contribution in [0.1, 0.15) is 5.89 Å². The molecule has 2 N–H and O–H groups in total. The first-order valence-electron chi connectivity index (χ1n) is 5.52. The first-order valence-corrected chi connectivity index (χ1v) is 5.90. The number of hydrogen-bond acceptors (Lipinski definition) is 5. The van der Waals surface area contributed by atoms with Crippen LogP contribution < -0.4 is 5.73 Å². The summed E-state index contributed by atoms with van der Waals surface area (Å²) < 4.78 is 10.1. The van der Waals surface area contributed by atoms with Crippen molar-refractivity contribution in [2.75, 3.05) is 13.7 Å². The number of methoxy groups -OCH3 is 1. The van der Waals surface area contributed by atoms with Gasteiger partial charge in [-0.25, -0.2) is 0 Å². The minimum atomic E-state index is -0.150. The minimum absolute atomic E-state index is 0.150. The highest BCUT2D eigenvalue weighted by atomic mass is 35.5. The van der Waals surface area contributed by atoms with Gasteiger partial charge in [0, 0.05) is 30.2 Å². The highest BCUT2D eigenvalue weighted by Gasteiger charge is 2.12. The van der Waals surface area contributed by atoms with Gasteiger partial charge >= 0.3 is 0 Å². The van der Waals surface area contributed by atoms with Crippen LogP contribution in [0.3, 0.4) is 0 Å². The Morgan fingerprint density at radius 3 is 3.06 bits per heavy atom. The van der Waals surface area contributed by atoms with Crippen LogP contribution in [0.2, 0.25) is 5.02 Å². The second-order valence-corrected chi connectivity index (χ2v) is 4.38. The third-order valence-electron chi connectivity index (χ3n) is 2.37. The second-order valence-electron chi connectivity index (χ2n) is 3.94. The molecule has 0 saturated heterocycles. The predicted octanol–water partition coefficient (Wildman–Crippen LogP) is 1.91. The van der Waals surface area contributed by atoms with Gasteiger partial charge in [0.1, 0.15) is 0 Å². The number of nitrogens with zero attached hydrogens (tertiary/aromatic N) is 2. The van der Waals surface area contributed by atoms with Gasteiger partial charge in [-0.3, -0.25) is 0 Å². The molecule has 0 radical (unpaired) electrons. The molecule has 1 aromatic carbocycles. The molecule has 96 valence electrons. The molecule has 0 aliphatic rings. The summed E-state index contributed by atoms with van der Waals surface area (Å²) in [5.41, 5.74) is 6.63. The quantitative estimate of drug-likeness (QED) is 0.896. The summed E-state index contributed by atoms with van der Waals surface area (Å²) in [7, 11) is 1.60. The van der Waals surface area contributed by atoms with Gasteiger partial charge in [0.15, 0.2) is 0 Å². The molecule has 1 atom stereocenters. The van der Waals surface area contributed by atoms with E-state index in [2.05, 4.69) is 10.1 Å². The number of halogens is 1. The highest BCUT2D eigenvalue weighted by molar-refractivity contribution is 6.30. The van der Waals surface area contributed by atoms with Crippen LogP contribution >= 0.6 is 11.6 Å². The van der Waals surface area contributed by atoms with Crippen molar-refractivity contribution in [1.29, 1.82) is 0 Å². The number of aromatic nitrogens is 2. The van der Waals surface area contributed by atoms with Crippen molar-refractivity contribution in [2.45, 2.75) is 12.5 Å². The monoisotopic (exact) mass is 267 g/mol. The molecular weight excluding hydrogens is 254 g/mol. The maximum Gasteiger partial charge on any atom is 0.228 e. The SMILES string of the molecule is COCC(N)Cc1nc(-c2cccc(Cl)c2)no1. The van der Waals surface area contributed by atoms with Crippen molar-refractivity contribution >= 4 is 11.6 Å². The lowest BCUT2D eigenvalue weighted by molar-refractivity contribution is 0.176. The standard InChI is InChI=1S/C12H14ClN3O2/c1-17-7-10(14)6-11-15-12(16-18-11)8-3-2-4-9(13)5-8/h2-5,10H,6-7,14H2,1H3. The van der Waals surface area contributed by atoms with E-state index >= 15 is 0 Å². The van der Waals surface area contributed by atoms with E-state index < -0.39 is 0 Å². The number of hydrogen-bond donors (Lipinski definition) is 1. The molecule has 1 heterocycles. The first kappa shape index (κ1) is 13.0. The van der Waals surface area contributed by atoms with E-state index in [9.17, 15) is 0 Å². The molecule has 1 aromatic heterocycles. The number of ether oxygens (including phenoxy) is 1. The molecule has 5 nitrogen and oxygen atoms in total. The maximum absolute atomic E-state index is 5.90. The van der Waals surface area contributed by atoms with Crippen molar-refractivity contribution in [2.24, 2.45) is 5.73 Å². The molecule has 2 rings (SSSR count). The number of nitrogens with two attached hydrogens (primary N) is 1. The Bertz CT molecular complexity index is 516. The van der Waals surface area contributed by atoms with Gasteiger partial charge < -0.3 is 15.0 Å². The smallest absolute Gasteiger partial charge is 0.228 e. The fraction of sp³-hybridized carbons (Fsp3) is 0.333. The molecule has 0 aliphatic heterocycles. The fourth-order valence-corrected chi connectivity index (χ4v) is 1.77. The van der Waals surface area contributed by atoms with Crippen LogP contribution in [0.5, 0.6) is 0 Å². The Balaban J connectivity index is 2.10. The lowest BCUT2D eigenvalue weighted by Gasteiger charge is -2.05. The third kappa shape index (κ3) is 3.29. The van der Waals surface area contributed by atoms with Gasteiger partial charge in [0.25, 0.3) is 0 Å². The Hall–Kier alpha value is -1.43. The normalized spacial score (nSPS) is 12.6. The van der Waals surface area contributed by atoms with Crippen LogP contribution in [0.15, 0.2) is 28.8 Å². The molecule has 2 aromatic rings. The van der Waals surface area contributed by atoms with Crippen molar-refractivity contribution in [1.82, 2.24) is 10.1 Å². The van der Waals surface area contributed by atoms with Crippen LogP contribution in [-0.2, 0) is 11.2 Å². The van der Waals surface area contributed by atoms with Crippen molar-refractivity contribution in [3.8, 4) is 11.4 Å². The van der Waals surface area contributed by atoms with Crippen molar-refractivity contribution < 1.29 is 9.26 Å². The lowest BCUT2D eigenvalue weighted by Crippen LogP contribution is -2.28. The Kier molecular flexibility index (Phi) is 4.30. The summed E-state index contributed by atoms with van der Waals surface area (Å²) in [4.78, 5) is 4.27. The fourth-order valence-electron chi connectivity index (χ4n) is 1.58. The molecule has 0 saturated carbocycles. The summed E-state index contributed by atoms with van der Waals surface area (Å²) in [6.07, 6.45) is 0.488. The molecule has 0 aliphatic carbocycles. The molecule has 6 heteroatoms. The first-order chi connectivity index (χ1) is 8.69. The molecule has 0 amide bonds. The van der Waals surface area contributed by atoms with E-state index in [0.29, 0.717) is 29.8 Å². The van der Waals surface area contributed by atoms with Crippen LogP contribution in [0.4, 0.5) is 0 Å². The number of rotatable bonds is 5. The number of benzene rings is 1. The summed E-state index contributed by atoms with van der Waals surface area (Å²) in [5.74, 6) is 1.01. The average Bonchev–Trinajstić information content (AvgIpc) is 2.78. The topological polar surface area (TPSA) is 74.2 Å². The van der Waals surface area contributed by atoms with Gasteiger partial charge in [0.05, 0.1) is 6.61 Å². The zero-order valence-corrected chi connectivity index (χ0v) is 10.7. The van der Waals surface area contributed by atoms with Crippen LogP contribution in [-0.4, -0.2) is 29.9 Å². The van der Waals surface area contributed by atoms with Gasteiger partial charge in [-0.2, -0.15) is 4.98 Å². The molecule has 1 unspecified atom stereocenters. The molecule has 18 heavy (non-hydrogen) atoms. The van der Waals surface area contributed by atoms with Crippen LogP contribution in [0.25, 0.3) is 11.4 Å². The Morgan fingerprint density at radius 1 is 1.50 bits per heavy atom.